The molecule has 58 valence electrons. The van der Waals surface area contributed by atoms with Crippen molar-refractivity contribution in [3.8, 4) is 0 Å². The number of aliphatic carboxylic acids is 1. The topological polar surface area (TPSA) is 69.9 Å². The molecule has 0 aromatic carbocycles. The van der Waals surface area contributed by atoms with Crippen LogP contribution in [-0.2, 0) is 4.79 Å². The Morgan fingerprint density at radius 1 is 1.50 bits per heavy atom. The van der Waals surface area contributed by atoms with Gasteiger partial charge in [0.05, 0.1) is 0 Å². The fraction of sp³-hybridized carbons (Fsp3) is 0.667. The normalized spacial score (nSPS) is 10.4. The predicted molar refractivity (Wildman–Crippen MR) is 36.4 cm³/mol. The molecule has 0 unspecified atom stereocenters. The van der Waals surface area contributed by atoms with E-state index in [2.05, 4.69) is 5.16 Å². The van der Waals surface area contributed by atoms with Gasteiger partial charge in [0.25, 0.3) is 0 Å². The van der Waals surface area contributed by atoms with Gasteiger partial charge in [0.15, 0.2) is 0 Å². The van der Waals surface area contributed by atoms with Crippen molar-refractivity contribution in [3.63, 3.8) is 0 Å². The Kier molecular flexibility index (Phi) is 5.42. The van der Waals surface area contributed by atoms with Gasteiger partial charge in [-0.15, -0.1) is 5.16 Å². The smallest absolute Gasteiger partial charge is 0.303 e. The van der Waals surface area contributed by atoms with Gasteiger partial charge in [-0.1, -0.05) is 0 Å². The molecule has 2 N–H and O–H groups in total. The number of carbonyl (C=O) groups is 1. The van der Waals surface area contributed by atoms with Gasteiger partial charge in [0, 0.05) is 12.6 Å². The second-order valence-electron chi connectivity index (χ2n) is 1.94. The number of oxime groups is 1. The van der Waals surface area contributed by atoms with Gasteiger partial charge < -0.3 is 10.3 Å². The second kappa shape index (κ2) is 6.07. The molecule has 0 spiro atoms. The first-order valence-corrected chi connectivity index (χ1v) is 3.15. The SMILES string of the molecule is O=C(O)CCCC/C=N/O. The van der Waals surface area contributed by atoms with Gasteiger partial charge in [0.2, 0.25) is 0 Å². The summed E-state index contributed by atoms with van der Waals surface area (Å²) in [4.78, 5) is 9.95. The third kappa shape index (κ3) is 6.94. The Morgan fingerprint density at radius 3 is 2.70 bits per heavy atom. The summed E-state index contributed by atoms with van der Waals surface area (Å²) < 4.78 is 0. The van der Waals surface area contributed by atoms with Crippen molar-refractivity contribution in [2.45, 2.75) is 25.7 Å². The van der Waals surface area contributed by atoms with Gasteiger partial charge in [-0.2, -0.15) is 0 Å². The first-order valence-electron chi connectivity index (χ1n) is 3.15. The van der Waals surface area contributed by atoms with Crippen LogP contribution in [0.1, 0.15) is 25.7 Å². The number of rotatable bonds is 5. The van der Waals surface area contributed by atoms with Crippen LogP contribution in [0.3, 0.4) is 0 Å². The lowest BCUT2D eigenvalue weighted by Gasteiger charge is -1.90. The highest BCUT2D eigenvalue weighted by atomic mass is 16.4. The molecule has 0 radical (unpaired) electrons. The van der Waals surface area contributed by atoms with Crippen LogP contribution in [0.5, 0.6) is 0 Å². The van der Waals surface area contributed by atoms with Crippen LogP contribution >= 0.6 is 0 Å². The molecule has 0 aliphatic heterocycles. The molecule has 0 aromatic heterocycles. The average Bonchev–Trinajstić information content (AvgIpc) is 1.87. The van der Waals surface area contributed by atoms with Crippen LogP contribution in [0.4, 0.5) is 0 Å². The van der Waals surface area contributed by atoms with Crippen LogP contribution in [0.25, 0.3) is 0 Å². The summed E-state index contributed by atoms with van der Waals surface area (Å²) in [5.74, 6) is -0.777. The summed E-state index contributed by atoms with van der Waals surface area (Å²) in [5.41, 5.74) is 0. The first kappa shape index (κ1) is 8.94. The Hall–Kier alpha value is -1.06. The molecule has 0 aliphatic rings. The maximum absolute atomic E-state index is 9.95. The summed E-state index contributed by atoms with van der Waals surface area (Å²) in [6, 6.07) is 0. The molecule has 0 aliphatic carbocycles. The average molecular weight is 145 g/mol. The molecule has 0 amide bonds. The van der Waals surface area contributed by atoms with E-state index in [1.165, 1.54) is 6.21 Å². The summed E-state index contributed by atoms with van der Waals surface area (Å²) in [7, 11) is 0. The zero-order valence-electron chi connectivity index (χ0n) is 5.66. The number of carboxylic acid groups (broad SMARTS) is 1. The molecule has 0 bridgehead atoms. The molecule has 0 fully saturated rings. The van der Waals surface area contributed by atoms with Crippen molar-refractivity contribution in [2.75, 3.05) is 0 Å². The van der Waals surface area contributed by atoms with Gasteiger partial charge >= 0.3 is 5.97 Å². The molecule has 10 heavy (non-hydrogen) atoms. The molecule has 4 heteroatoms. The standard InChI is InChI=1S/C6H11NO3/c8-6(9)4-2-1-3-5-7-10/h5,10H,1-4H2,(H,8,9)/b7-5+. The molecular formula is C6H11NO3. The third-order valence-corrected chi connectivity index (χ3v) is 1.06. The summed E-state index contributed by atoms with van der Waals surface area (Å²) >= 11 is 0. The minimum atomic E-state index is -0.777. The maximum atomic E-state index is 9.95. The quantitative estimate of drug-likeness (QED) is 0.263. The largest absolute Gasteiger partial charge is 0.481 e. The van der Waals surface area contributed by atoms with E-state index < -0.39 is 5.97 Å². The third-order valence-electron chi connectivity index (χ3n) is 1.06. The number of nitrogens with zero attached hydrogens (tertiary/aromatic N) is 1. The lowest BCUT2D eigenvalue weighted by atomic mass is 10.2. The molecule has 0 rings (SSSR count). The van der Waals surface area contributed by atoms with Crippen molar-refractivity contribution in [1.29, 1.82) is 0 Å². The van der Waals surface area contributed by atoms with E-state index in [9.17, 15) is 4.79 Å². The van der Waals surface area contributed by atoms with Crippen LogP contribution in [0, 0.1) is 0 Å². The number of carboxylic acids is 1. The molecule has 0 atom stereocenters. The second-order valence-corrected chi connectivity index (χ2v) is 1.94. The van der Waals surface area contributed by atoms with Gasteiger partial charge in [-0.3, -0.25) is 4.79 Å². The van der Waals surface area contributed by atoms with Crippen LogP contribution in [-0.4, -0.2) is 22.5 Å². The monoisotopic (exact) mass is 145 g/mol. The van der Waals surface area contributed by atoms with E-state index in [4.69, 9.17) is 10.3 Å². The van der Waals surface area contributed by atoms with Crippen LogP contribution in [0.2, 0.25) is 0 Å². The van der Waals surface area contributed by atoms with Crippen molar-refractivity contribution < 1.29 is 15.1 Å². The van der Waals surface area contributed by atoms with Crippen molar-refractivity contribution in [3.05, 3.63) is 0 Å². The lowest BCUT2D eigenvalue weighted by Crippen LogP contribution is -1.93. The summed E-state index contributed by atoms with van der Waals surface area (Å²) in [6.07, 6.45) is 3.60. The van der Waals surface area contributed by atoms with Gasteiger partial charge in [0.1, 0.15) is 0 Å². The Morgan fingerprint density at radius 2 is 2.20 bits per heavy atom. The Balaban J connectivity index is 2.98. The van der Waals surface area contributed by atoms with E-state index in [0.29, 0.717) is 12.8 Å². The van der Waals surface area contributed by atoms with Crippen LogP contribution in [0.15, 0.2) is 5.16 Å². The van der Waals surface area contributed by atoms with E-state index in [-0.39, 0.29) is 6.42 Å². The lowest BCUT2D eigenvalue weighted by molar-refractivity contribution is -0.137. The predicted octanol–water partition coefficient (Wildman–Crippen LogP) is 1.09. The van der Waals surface area contributed by atoms with Crippen molar-refractivity contribution >= 4 is 12.2 Å². The van der Waals surface area contributed by atoms with E-state index in [1.807, 2.05) is 0 Å². The minimum absolute atomic E-state index is 0.194. The number of unbranched alkanes of at least 4 members (excludes halogenated alkanes) is 2. The van der Waals surface area contributed by atoms with E-state index in [1.54, 1.807) is 0 Å². The summed E-state index contributed by atoms with van der Waals surface area (Å²) in [5, 5.41) is 18.9. The van der Waals surface area contributed by atoms with Crippen molar-refractivity contribution in [1.82, 2.24) is 0 Å². The van der Waals surface area contributed by atoms with E-state index in [0.717, 1.165) is 6.42 Å². The highest BCUT2D eigenvalue weighted by Crippen LogP contribution is 1.97. The molecular weight excluding hydrogens is 134 g/mol. The minimum Gasteiger partial charge on any atom is -0.481 e. The maximum Gasteiger partial charge on any atom is 0.303 e. The molecule has 0 heterocycles. The highest BCUT2D eigenvalue weighted by molar-refractivity contribution is 5.66. The molecule has 0 saturated heterocycles. The highest BCUT2D eigenvalue weighted by Gasteiger charge is 1.94. The molecule has 0 saturated carbocycles. The fourth-order valence-electron chi connectivity index (χ4n) is 0.570. The van der Waals surface area contributed by atoms with E-state index >= 15 is 0 Å². The van der Waals surface area contributed by atoms with Gasteiger partial charge in [-0.25, -0.2) is 0 Å². The Bertz CT molecular complexity index is 122. The first-order chi connectivity index (χ1) is 4.77. The number of hydrogen-bond acceptors (Lipinski definition) is 3. The molecule has 4 nitrogen and oxygen atoms in total. The zero-order valence-corrected chi connectivity index (χ0v) is 5.66. The zero-order chi connectivity index (χ0) is 7.82. The van der Waals surface area contributed by atoms with Crippen LogP contribution < -0.4 is 0 Å². The Labute approximate surface area is 59.2 Å². The number of hydrogen-bond donors (Lipinski definition) is 2. The fourth-order valence-corrected chi connectivity index (χ4v) is 0.570. The summed E-state index contributed by atoms with van der Waals surface area (Å²) in [6.45, 7) is 0. The van der Waals surface area contributed by atoms with Gasteiger partial charge in [-0.05, 0) is 19.3 Å². The van der Waals surface area contributed by atoms with Crippen molar-refractivity contribution in [2.24, 2.45) is 5.16 Å². The molecule has 0 aromatic rings.